The largest absolute Gasteiger partial charge is 0.349 e. The van der Waals surface area contributed by atoms with Crippen LogP contribution in [0.4, 0.5) is 8.78 Å². The molecule has 0 fully saturated rings. The van der Waals surface area contributed by atoms with Crippen LogP contribution in [0, 0.1) is 18.6 Å². The second kappa shape index (κ2) is 6.48. The second-order valence-electron chi connectivity index (χ2n) is 5.14. The smallest absolute Gasteiger partial charge is 0.254 e. The molecule has 1 atom stereocenters. The predicted molar refractivity (Wildman–Crippen MR) is 78.2 cm³/mol. The van der Waals surface area contributed by atoms with Gasteiger partial charge in [0, 0.05) is 6.04 Å². The second-order valence-corrected chi connectivity index (χ2v) is 5.14. The van der Waals surface area contributed by atoms with Crippen LogP contribution in [0.3, 0.4) is 0 Å². The third-order valence-electron chi connectivity index (χ3n) is 3.27. The van der Waals surface area contributed by atoms with Crippen LogP contribution >= 0.6 is 0 Å². The van der Waals surface area contributed by atoms with Crippen molar-refractivity contribution < 1.29 is 13.6 Å². The first-order chi connectivity index (χ1) is 9.97. The lowest BCUT2D eigenvalue weighted by Crippen LogP contribution is -2.34. The molecule has 1 unspecified atom stereocenters. The standard InChI is InChI=1S/C17H17F2NO/c1-11-4-3-5-15(16(11)19)17(21)20-12(2)10-13-6-8-14(18)9-7-13/h3-9,12H,10H2,1-2H3,(H,20,21). The number of hydrogen-bond donors (Lipinski definition) is 1. The van der Waals surface area contributed by atoms with Gasteiger partial charge in [0.25, 0.3) is 5.91 Å². The lowest BCUT2D eigenvalue weighted by Gasteiger charge is -2.15. The highest BCUT2D eigenvalue weighted by Crippen LogP contribution is 2.12. The summed E-state index contributed by atoms with van der Waals surface area (Å²) in [5, 5.41) is 2.75. The molecule has 0 aromatic heterocycles. The summed E-state index contributed by atoms with van der Waals surface area (Å²) >= 11 is 0. The maximum Gasteiger partial charge on any atom is 0.254 e. The third-order valence-corrected chi connectivity index (χ3v) is 3.27. The lowest BCUT2D eigenvalue weighted by atomic mass is 10.1. The summed E-state index contributed by atoms with van der Waals surface area (Å²) in [7, 11) is 0. The van der Waals surface area contributed by atoms with Gasteiger partial charge in [-0.2, -0.15) is 0 Å². The average molecular weight is 289 g/mol. The number of benzene rings is 2. The highest BCUT2D eigenvalue weighted by Gasteiger charge is 2.15. The number of halogens is 2. The summed E-state index contributed by atoms with van der Waals surface area (Å²) in [6.45, 7) is 3.45. The quantitative estimate of drug-likeness (QED) is 0.915. The van der Waals surface area contributed by atoms with Crippen molar-refractivity contribution >= 4 is 5.91 Å². The van der Waals surface area contributed by atoms with E-state index in [9.17, 15) is 13.6 Å². The van der Waals surface area contributed by atoms with Gasteiger partial charge in [0.2, 0.25) is 0 Å². The molecule has 0 saturated heterocycles. The van der Waals surface area contributed by atoms with E-state index in [1.807, 2.05) is 6.92 Å². The SMILES string of the molecule is Cc1cccc(C(=O)NC(C)Cc2ccc(F)cc2)c1F. The molecule has 0 aliphatic rings. The van der Waals surface area contributed by atoms with E-state index in [1.165, 1.54) is 18.2 Å². The van der Waals surface area contributed by atoms with Crippen molar-refractivity contribution in [3.05, 3.63) is 70.8 Å². The molecule has 0 bridgehead atoms. The minimum atomic E-state index is -0.496. The van der Waals surface area contributed by atoms with Gasteiger partial charge in [0.1, 0.15) is 11.6 Å². The Kier molecular flexibility index (Phi) is 4.68. The van der Waals surface area contributed by atoms with Crippen molar-refractivity contribution in [3.8, 4) is 0 Å². The maximum atomic E-state index is 13.9. The van der Waals surface area contributed by atoms with E-state index in [0.29, 0.717) is 12.0 Å². The molecule has 2 nitrogen and oxygen atoms in total. The summed E-state index contributed by atoms with van der Waals surface area (Å²) in [6, 6.07) is 10.7. The number of nitrogens with one attached hydrogen (secondary N) is 1. The van der Waals surface area contributed by atoms with Gasteiger partial charge in [-0.05, 0) is 49.6 Å². The molecule has 110 valence electrons. The van der Waals surface area contributed by atoms with Gasteiger partial charge in [-0.3, -0.25) is 4.79 Å². The first-order valence-electron chi connectivity index (χ1n) is 6.78. The van der Waals surface area contributed by atoms with Crippen LogP contribution in [0.15, 0.2) is 42.5 Å². The predicted octanol–water partition coefficient (Wildman–Crippen LogP) is 3.63. The van der Waals surface area contributed by atoms with E-state index in [-0.39, 0.29) is 17.4 Å². The number of rotatable bonds is 4. The van der Waals surface area contributed by atoms with E-state index in [4.69, 9.17) is 0 Å². The van der Waals surface area contributed by atoms with E-state index in [1.54, 1.807) is 31.2 Å². The van der Waals surface area contributed by atoms with E-state index in [2.05, 4.69) is 5.32 Å². The number of aryl methyl sites for hydroxylation is 1. The molecule has 1 N–H and O–H groups in total. The Morgan fingerprint density at radius 1 is 1.14 bits per heavy atom. The molecule has 0 spiro atoms. The number of hydrogen-bond acceptors (Lipinski definition) is 1. The van der Waals surface area contributed by atoms with Crippen LogP contribution in [0.25, 0.3) is 0 Å². The van der Waals surface area contributed by atoms with Crippen LogP contribution in [-0.2, 0) is 6.42 Å². The van der Waals surface area contributed by atoms with E-state index in [0.717, 1.165) is 5.56 Å². The van der Waals surface area contributed by atoms with Crippen molar-refractivity contribution in [1.29, 1.82) is 0 Å². The number of amides is 1. The molecule has 4 heteroatoms. The van der Waals surface area contributed by atoms with Gasteiger partial charge in [0.15, 0.2) is 0 Å². The zero-order valence-electron chi connectivity index (χ0n) is 12.0. The van der Waals surface area contributed by atoms with Gasteiger partial charge < -0.3 is 5.32 Å². The normalized spacial score (nSPS) is 12.0. The van der Waals surface area contributed by atoms with Crippen molar-refractivity contribution in [3.63, 3.8) is 0 Å². The van der Waals surface area contributed by atoms with Crippen molar-refractivity contribution in [2.75, 3.05) is 0 Å². The van der Waals surface area contributed by atoms with E-state index >= 15 is 0 Å². The summed E-state index contributed by atoms with van der Waals surface area (Å²) in [5.74, 6) is -1.23. The van der Waals surface area contributed by atoms with Crippen LogP contribution < -0.4 is 5.32 Å². The molecular weight excluding hydrogens is 272 g/mol. The van der Waals surface area contributed by atoms with Gasteiger partial charge in [-0.15, -0.1) is 0 Å². The molecule has 2 aromatic rings. The molecule has 2 rings (SSSR count). The number of carbonyl (C=O) groups excluding carboxylic acids is 1. The number of carbonyl (C=O) groups is 1. The fraction of sp³-hybridized carbons (Fsp3) is 0.235. The summed E-state index contributed by atoms with van der Waals surface area (Å²) < 4.78 is 26.7. The lowest BCUT2D eigenvalue weighted by molar-refractivity contribution is 0.0936. The molecule has 0 aliphatic carbocycles. The molecule has 21 heavy (non-hydrogen) atoms. The molecule has 1 amide bonds. The van der Waals surface area contributed by atoms with Gasteiger partial charge >= 0.3 is 0 Å². The average Bonchev–Trinajstić information content (AvgIpc) is 2.44. The summed E-state index contributed by atoms with van der Waals surface area (Å²) in [4.78, 5) is 12.1. The van der Waals surface area contributed by atoms with Gasteiger partial charge in [-0.25, -0.2) is 8.78 Å². The Hall–Kier alpha value is -2.23. The monoisotopic (exact) mass is 289 g/mol. The van der Waals surface area contributed by atoms with E-state index < -0.39 is 11.7 Å². The molecule has 0 saturated carbocycles. The Morgan fingerprint density at radius 3 is 2.48 bits per heavy atom. The van der Waals surface area contributed by atoms with Crippen LogP contribution in [-0.4, -0.2) is 11.9 Å². The third kappa shape index (κ3) is 3.88. The topological polar surface area (TPSA) is 29.1 Å². The first kappa shape index (κ1) is 15.2. The molecule has 2 aromatic carbocycles. The van der Waals surface area contributed by atoms with Gasteiger partial charge in [-0.1, -0.05) is 24.3 Å². The first-order valence-corrected chi connectivity index (χ1v) is 6.78. The highest BCUT2D eigenvalue weighted by molar-refractivity contribution is 5.94. The van der Waals surface area contributed by atoms with Crippen LogP contribution in [0.1, 0.15) is 28.4 Å². The highest BCUT2D eigenvalue weighted by atomic mass is 19.1. The maximum absolute atomic E-state index is 13.9. The molecule has 0 aliphatic heterocycles. The molecule has 0 radical (unpaired) electrons. The zero-order chi connectivity index (χ0) is 15.4. The summed E-state index contributed by atoms with van der Waals surface area (Å²) in [5.41, 5.74) is 1.39. The minimum Gasteiger partial charge on any atom is -0.349 e. The fourth-order valence-electron chi connectivity index (χ4n) is 2.15. The zero-order valence-corrected chi connectivity index (χ0v) is 12.0. The van der Waals surface area contributed by atoms with Crippen molar-refractivity contribution in [2.24, 2.45) is 0 Å². The molecule has 0 heterocycles. The van der Waals surface area contributed by atoms with Crippen molar-refractivity contribution in [2.45, 2.75) is 26.3 Å². The fourth-order valence-corrected chi connectivity index (χ4v) is 2.15. The van der Waals surface area contributed by atoms with Crippen LogP contribution in [0.5, 0.6) is 0 Å². The van der Waals surface area contributed by atoms with Gasteiger partial charge in [0.05, 0.1) is 5.56 Å². The summed E-state index contributed by atoms with van der Waals surface area (Å²) in [6.07, 6.45) is 0.555. The molecular formula is C17H17F2NO. The van der Waals surface area contributed by atoms with Crippen molar-refractivity contribution in [1.82, 2.24) is 5.32 Å². The Balaban J connectivity index is 2.02. The Morgan fingerprint density at radius 2 is 1.81 bits per heavy atom. The van der Waals surface area contributed by atoms with Crippen LogP contribution in [0.2, 0.25) is 0 Å². The minimum absolute atomic E-state index is 0.0426. The Labute approximate surface area is 122 Å². The Bertz CT molecular complexity index is 638.